The van der Waals surface area contributed by atoms with Crippen molar-refractivity contribution in [2.24, 2.45) is 7.05 Å². The van der Waals surface area contributed by atoms with E-state index in [1.54, 1.807) is 30.1 Å². The summed E-state index contributed by atoms with van der Waals surface area (Å²) in [6.07, 6.45) is 4.97. The van der Waals surface area contributed by atoms with Crippen LogP contribution >= 0.6 is 0 Å². The Bertz CT molecular complexity index is 1060. The molecule has 1 heterocycles. The second-order valence-electron chi connectivity index (χ2n) is 7.02. The molecule has 150 valence electrons. The second kappa shape index (κ2) is 8.78. The van der Waals surface area contributed by atoms with E-state index in [0.29, 0.717) is 12.2 Å². The van der Waals surface area contributed by atoms with Crippen molar-refractivity contribution in [3.63, 3.8) is 0 Å². The predicted molar refractivity (Wildman–Crippen MR) is 115 cm³/mol. The number of hydrogen-bond donors (Lipinski definition) is 0. The number of methoxy groups -OCH3 is 1. The summed E-state index contributed by atoms with van der Waals surface area (Å²) in [5.74, 6) is 1.54. The maximum absolute atomic E-state index is 12.5. The van der Waals surface area contributed by atoms with Gasteiger partial charge in [0.2, 0.25) is 0 Å². The fourth-order valence-corrected chi connectivity index (χ4v) is 3.05. The van der Waals surface area contributed by atoms with Gasteiger partial charge in [0.15, 0.2) is 5.78 Å². The summed E-state index contributed by atoms with van der Waals surface area (Å²) in [7, 11) is 3.46. The van der Waals surface area contributed by atoms with Gasteiger partial charge in [0.05, 0.1) is 18.9 Å². The van der Waals surface area contributed by atoms with E-state index in [-0.39, 0.29) is 5.78 Å². The number of carbonyl (C=O) groups is 1. The van der Waals surface area contributed by atoms with Gasteiger partial charge in [0.1, 0.15) is 18.1 Å². The molecule has 3 rings (SSSR count). The molecule has 3 aromatic rings. The van der Waals surface area contributed by atoms with E-state index >= 15 is 0 Å². The summed E-state index contributed by atoms with van der Waals surface area (Å²) in [6, 6.07) is 11.8. The molecule has 2 aromatic carbocycles. The van der Waals surface area contributed by atoms with Crippen molar-refractivity contribution < 1.29 is 14.3 Å². The number of ether oxygens (including phenoxy) is 2. The van der Waals surface area contributed by atoms with Crippen molar-refractivity contribution in [2.75, 3.05) is 7.11 Å². The lowest BCUT2D eigenvalue weighted by molar-refractivity contribution is 0.104. The lowest BCUT2D eigenvalue weighted by Gasteiger charge is -2.13. The first-order valence-corrected chi connectivity index (χ1v) is 9.47. The van der Waals surface area contributed by atoms with Crippen molar-refractivity contribution in [1.82, 2.24) is 9.78 Å². The van der Waals surface area contributed by atoms with E-state index in [9.17, 15) is 4.79 Å². The van der Waals surface area contributed by atoms with Gasteiger partial charge in [-0.2, -0.15) is 5.10 Å². The highest BCUT2D eigenvalue weighted by molar-refractivity contribution is 6.07. The molecule has 0 atom stereocenters. The van der Waals surface area contributed by atoms with Crippen LogP contribution in [-0.2, 0) is 13.7 Å². The molecule has 0 spiro atoms. The molecule has 5 nitrogen and oxygen atoms in total. The Balaban J connectivity index is 1.78. The summed E-state index contributed by atoms with van der Waals surface area (Å²) >= 11 is 0. The number of nitrogens with zero attached hydrogens (tertiary/aromatic N) is 2. The topological polar surface area (TPSA) is 53.3 Å². The van der Waals surface area contributed by atoms with Gasteiger partial charge in [0.25, 0.3) is 0 Å². The Labute approximate surface area is 171 Å². The summed E-state index contributed by atoms with van der Waals surface area (Å²) in [5, 5.41) is 4.12. The van der Waals surface area contributed by atoms with E-state index < -0.39 is 0 Å². The minimum atomic E-state index is -0.0698. The normalized spacial score (nSPS) is 11.1. The van der Waals surface area contributed by atoms with Gasteiger partial charge < -0.3 is 9.47 Å². The van der Waals surface area contributed by atoms with E-state index in [1.165, 1.54) is 5.56 Å². The van der Waals surface area contributed by atoms with Crippen LogP contribution < -0.4 is 9.47 Å². The van der Waals surface area contributed by atoms with Gasteiger partial charge in [-0.15, -0.1) is 0 Å². The zero-order chi connectivity index (χ0) is 21.0. The summed E-state index contributed by atoms with van der Waals surface area (Å²) in [6.45, 7) is 6.37. The highest BCUT2D eigenvalue weighted by atomic mass is 16.5. The number of rotatable bonds is 7. The van der Waals surface area contributed by atoms with Crippen LogP contribution in [0.25, 0.3) is 6.08 Å². The van der Waals surface area contributed by atoms with E-state index in [1.807, 2.05) is 51.2 Å². The molecule has 1 aromatic heterocycles. The smallest absolute Gasteiger partial charge is 0.189 e. The van der Waals surface area contributed by atoms with Gasteiger partial charge in [0, 0.05) is 18.3 Å². The predicted octanol–water partition coefficient (Wildman–Crippen LogP) is 4.83. The van der Waals surface area contributed by atoms with Crippen LogP contribution in [0.3, 0.4) is 0 Å². The average Bonchev–Trinajstić information content (AvgIpc) is 3.06. The number of allylic oxidation sites excluding steroid dienone is 1. The molecule has 0 aliphatic rings. The number of aryl methyl sites for hydroxylation is 2. The molecule has 29 heavy (non-hydrogen) atoms. The largest absolute Gasteiger partial charge is 0.496 e. The zero-order valence-corrected chi connectivity index (χ0v) is 17.5. The monoisotopic (exact) mass is 390 g/mol. The van der Waals surface area contributed by atoms with Gasteiger partial charge in [-0.3, -0.25) is 9.48 Å². The van der Waals surface area contributed by atoms with Crippen molar-refractivity contribution in [2.45, 2.75) is 27.4 Å². The minimum Gasteiger partial charge on any atom is -0.496 e. The Kier molecular flexibility index (Phi) is 6.17. The average molecular weight is 390 g/mol. The molecule has 5 heteroatoms. The van der Waals surface area contributed by atoms with E-state index in [0.717, 1.165) is 33.9 Å². The van der Waals surface area contributed by atoms with Gasteiger partial charge in [-0.05, 0) is 61.7 Å². The third-order valence-corrected chi connectivity index (χ3v) is 5.17. The van der Waals surface area contributed by atoms with Gasteiger partial charge in [-0.1, -0.05) is 24.3 Å². The maximum Gasteiger partial charge on any atom is 0.189 e. The van der Waals surface area contributed by atoms with Gasteiger partial charge in [-0.25, -0.2) is 0 Å². The van der Waals surface area contributed by atoms with Crippen LogP contribution in [0.5, 0.6) is 11.5 Å². The molecule has 0 N–H and O–H groups in total. The second-order valence-corrected chi connectivity index (χ2v) is 7.02. The number of carbonyl (C=O) groups excluding carboxylic acids is 1. The lowest BCUT2D eigenvalue weighted by Crippen LogP contribution is -2.01. The van der Waals surface area contributed by atoms with Crippen LogP contribution in [0, 0.1) is 20.8 Å². The number of benzene rings is 2. The zero-order valence-electron chi connectivity index (χ0n) is 17.5. The van der Waals surface area contributed by atoms with Crippen molar-refractivity contribution in [1.29, 1.82) is 0 Å². The molecule has 0 bridgehead atoms. The molecule has 0 amide bonds. The van der Waals surface area contributed by atoms with Crippen LogP contribution in [0.1, 0.15) is 38.3 Å². The Morgan fingerprint density at radius 2 is 1.93 bits per heavy atom. The van der Waals surface area contributed by atoms with Crippen molar-refractivity contribution >= 4 is 11.9 Å². The summed E-state index contributed by atoms with van der Waals surface area (Å²) in [5.41, 5.74) is 5.59. The van der Waals surface area contributed by atoms with Crippen LogP contribution in [0.15, 0.2) is 48.7 Å². The van der Waals surface area contributed by atoms with E-state index in [4.69, 9.17) is 9.47 Å². The first kappa shape index (κ1) is 20.4. The molecule has 0 aliphatic carbocycles. The van der Waals surface area contributed by atoms with Crippen LogP contribution in [0.4, 0.5) is 0 Å². The Hall–Kier alpha value is -3.34. The SMILES string of the molecule is COc1ccc(/C=C/C(=O)c2cnn(C)c2C)cc1COc1cccc(C)c1C. The molecule has 0 aliphatic heterocycles. The van der Waals surface area contributed by atoms with E-state index in [2.05, 4.69) is 18.1 Å². The number of aromatic nitrogens is 2. The fraction of sp³-hybridized carbons (Fsp3) is 0.250. The molecule has 0 saturated heterocycles. The van der Waals surface area contributed by atoms with Crippen molar-refractivity contribution in [3.8, 4) is 11.5 Å². The Morgan fingerprint density at radius 3 is 2.62 bits per heavy atom. The third-order valence-electron chi connectivity index (χ3n) is 5.17. The molecular formula is C24H26N2O3. The first-order chi connectivity index (χ1) is 13.9. The van der Waals surface area contributed by atoms with Crippen LogP contribution in [0.2, 0.25) is 0 Å². The van der Waals surface area contributed by atoms with Crippen LogP contribution in [-0.4, -0.2) is 22.7 Å². The molecular weight excluding hydrogens is 364 g/mol. The maximum atomic E-state index is 12.5. The molecule has 0 fully saturated rings. The summed E-state index contributed by atoms with van der Waals surface area (Å²) in [4.78, 5) is 12.5. The highest BCUT2D eigenvalue weighted by Gasteiger charge is 2.11. The lowest BCUT2D eigenvalue weighted by atomic mass is 10.1. The molecule has 0 saturated carbocycles. The first-order valence-electron chi connectivity index (χ1n) is 9.47. The standard InChI is InChI=1S/C24H26N2O3/c1-16-7-6-8-23(17(16)2)29-15-20-13-19(10-12-24(20)28-5)9-11-22(27)21-14-25-26(4)18(21)3/h6-14H,15H2,1-5H3/b11-9+. The minimum absolute atomic E-state index is 0.0698. The quantitative estimate of drug-likeness (QED) is 0.428. The van der Waals surface area contributed by atoms with Crippen molar-refractivity contribution in [3.05, 3.63) is 82.2 Å². The molecule has 0 unspecified atom stereocenters. The Morgan fingerprint density at radius 1 is 1.14 bits per heavy atom. The number of hydrogen-bond acceptors (Lipinski definition) is 4. The number of ketones is 1. The summed E-state index contributed by atoms with van der Waals surface area (Å²) < 4.78 is 13.2. The third kappa shape index (κ3) is 4.57. The molecule has 0 radical (unpaired) electrons. The highest BCUT2D eigenvalue weighted by Crippen LogP contribution is 2.26. The van der Waals surface area contributed by atoms with Gasteiger partial charge >= 0.3 is 0 Å². The fourth-order valence-electron chi connectivity index (χ4n) is 3.05.